The van der Waals surface area contributed by atoms with Gasteiger partial charge in [0.15, 0.2) is 0 Å². The second-order valence-electron chi connectivity index (χ2n) is 11.3. The van der Waals surface area contributed by atoms with Gasteiger partial charge in [0.2, 0.25) is 0 Å². The SMILES string of the molecule is Cc1c(COc2cc(OCCCCCF)c(CN3CCCC[C@H]3CO)c3c2CCC3)cccc1-c1ccccc1. The van der Waals surface area contributed by atoms with Crippen molar-refractivity contribution in [2.75, 3.05) is 26.4 Å². The van der Waals surface area contributed by atoms with Crippen molar-refractivity contribution in [2.24, 2.45) is 0 Å². The van der Waals surface area contributed by atoms with Crippen molar-refractivity contribution < 1.29 is 19.0 Å². The van der Waals surface area contributed by atoms with Gasteiger partial charge in [-0.25, -0.2) is 0 Å². The lowest BCUT2D eigenvalue weighted by Crippen LogP contribution is -2.41. The molecule has 0 unspecified atom stereocenters. The van der Waals surface area contributed by atoms with Crippen LogP contribution in [0.5, 0.6) is 11.5 Å². The van der Waals surface area contributed by atoms with E-state index in [9.17, 15) is 9.50 Å². The Kier molecular flexibility index (Phi) is 10.1. The maximum Gasteiger partial charge on any atom is 0.127 e. The van der Waals surface area contributed by atoms with Gasteiger partial charge < -0.3 is 14.6 Å². The van der Waals surface area contributed by atoms with Crippen LogP contribution < -0.4 is 9.47 Å². The summed E-state index contributed by atoms with van der Waals surface area (Å²) in [5.74, 6) is 1.82. The van der Waals surface area contributed by atoms with Crippen molar-refractivity contribution >= 4 is 0 Å². The zero-order chi connectivity index (χ0) is 27.7. The highest BCUT2D eigenvalue weighted by molar-refractivity contribution is 5.68. The number of ether oxygens (including phenoxy) is 2. The fourth-order valence-electron chi connectivity index (χ4n) is 6.38. The summed E-state index contributed by atoms with van der Waals surface area (Å²) in [6.45, 7) is 4.99. The molecule has 1 saturated heterocycles. The lowest BCUT2D eigenvalue weighted by Gasteiger charge is -2.35. The summed E-state index contributed by atoms with van der Waals surface area (Å²) in [4.78, 5) is 2.44. The number of likely N-dealkylation sites (tertiary alicyclic amines) is 1. The van der Waals surface area contributed by atoms with E-state index in [0.29, 0.717) is 19.6 Å². The average molecular weight is 546 g/mol. The minimum absolute atomic E-state index is 0.199. The summed E-state index contributed by atoms with van der Waals surface area (Å²) < 4.78 is 25.6. The summed E-state index contributed by atoms with van der Waals surface area (Å²) in [6, 6.07) is 19.3. The molecule has 0 aromatic heterocycles. The summed E-state index contributed by atoms with van der Waals surface area (Å²) >= 11 is 0. The monoisotopic (exact) mass is 545 g/mol. The molecule has 0 bridgehead atoms. The standard InChI is InChI=1S/C35H44FNO3/c1-26-28(14-10-16-30(26)27-12-4-2-5-13-27)25-40-34-22-35(39-21-9-3-7-19-36)33(31-17-11-18-32(31)34)23-37-20-8-6-15-29(37)24-38/h2,4-5,10,12-14,16,22,29,38H,3,6-9,11,15,17-21,23-25H2,1H3/t29-/m0/s1. The highest BCUT2D eigenvalue weighted by atomic mass is 19.1. The smallest absolute Gasteiger partial charge is 0.127 e. The number of nitrogens with zero attached hydrogens (tertiary/aromatic N) is 1. The Bertz CT molecular complexity index is 1250. The Balaban J connectivity index is 1.41. The summed E-state index contributed by atoms with van der Waals surface area (Å²) in [5.41, 5.74) is 8.82. The molecule has 40 heavy (non-hydrogen) atoms. The first-order chi connectivity index (χ1) is 19.7. The van der Waals surface area contributed by atoms with E-state index < -0.39 is 0 Å². The Morgan fingerprint density at radius 2 is 1.75 bits per heavy atom. The van der Waals surface area contributed by atoms with Gasteiger partial charge in [-0.05, 0) is 98.2 Å². The quantitative estimate of drug-likeness (QED) is 0.225. The van der Waals surface area contributed by atoms with Crippen LogP contribution in [0, 0.1) is 6.92 Å². The van der Waals surface area contributed by atoms with Crippen molar-refractivity contribution in [3.8, 4) is 22.6 Å². The molecule has 0 saturated carbocycles. The van der Waals surface area contributed by atoms with Crippen LogP contribution in [0.4, 0.5) is 4.39 Å². The van der Waals surface area contributed by atoms with Crippen molar-refractivity contribution in [3.05, 3.63) is 82.4 Å². The van der Waals surface area contributed by atoms with Crippen LogP contribution in [0.3, 0.4) is 0 Å². The van der Waals surface area contributed by atoms with Gasteiger partial charge in [-0.3, -0.25) is 9.29 Å². The zero-order valence-corrected chi connectivity index (χ0v) is 24.0. The Morgan fingerprint density at radius 1 is 0.900 bits per heavy atom. The lowest BCUT2D eigenvalue weighted by molar-refractivity contribution is 0.0829. The van der Waals surface area contributed by atoms with Gasteiger partial charge in [0.1, 0.15) is 18.1 Å². The average Bonchev–Trinajstić information content (AvgIpc) is 3.49. The molecule has 1 fully saturated rings. The van der Waals surface area contributed by atoms with Gasteiger partial charge in [0.25, 0.3) is 0 Å². The van der Waals surface area contributed by atoms with Gasteiger partial charge in [-0.1, -0.05) is 55.0 Å². The van der Waals surface area contributed by atoms with Gasteiger partial charge in [0.05, 0.1) is 19.9 Å². The van der Waals surface area contributed by atoms with Crippen molar-refractivity contribution in [2.45, 2.75) is 83.9 Å². The lowest BCUT2D eigenvalue weighted by atomic mass is 9.96. The topological polar surface area (TPSA) is 41.9 Å². The number of rotatable bonds is 13. The predicted molar refractivity (Wildman–Crippen MR) is 160 cm³/mol. The number of hydrogen-bond acceptors (Lipinski definition) is 4. The third-order valence-corrected chi connectivity index (χ3v) is 8.71. The molecule has 214 valence electrons. The molecule has 3 aromatic rings. The van der Waals surface area contributed by atoms with Crippen LogP contribution in [0.15, 0.2) is 54.6 Å². The van der Waals surface area contributed by atoms with E-state index in [-0.39, 0.29) is 19.3 Å². The molecule has 1 heterocycles. The van der Waals surface area contributed by atoms with E-state index in [4.69, 9.17) is 9.47 Å². The normalized spacial score (nSPS) is 17.1. The number of piperidine rings is 1. The molecule has 2 aliphatic rings. The zero-order valence-electron chi connectivity index (χ0n) is 24.0. The molecule has 4 nitrogen and oxygen atoms in total. The minimum atomic E-state index is -0.273. The summed E-state index contributed by atoms with van der Waals surface area (Å²) in [5, 5.41) is 10.0. The molecule has 0 amide bonds. The maximum absolute atomic E-state index is 12.6. The van der Waals surface area contributed by atoms with Crippen LogP contribution in [0.1, 0.15) is 72.8 Å². The second kappa shape index (κ2) is 14.1. The fourth-order valence-corrected chi connectivity index (χ4v) is 6.38. The molecule has 5 heteroatoms. The van der Waals surface area contributed by atoms with E-state index in [2.05, 4.69) is 60.4 Å². The van der Waals surface area contributed by atoms with Gasteiger partial charge in [-0.15, -0.1) is 0 Å². The molecule has 1 atom stereocenters. The van der Waals surface area contributed by atoms with E-state index in [1.165, 1.54) is 51.8 Å². The van der Waals surface area contributed by atoms with Crippen LogP contribution in [0.2, 0.25) is 0 Å². The fraction of sp³-hybridized carbons (Fsp3) is 0.486. The Hall–Kier alpha value is -2.89. The first-order valence-electron chi connectivity index (χ1n) is 15.2. The number of fused-ring (bicyclic) bond motifs is 1. The highest BCUT2D eigenvalue weighted by Crippen LogP contribution is 2.41. The van der Waals surface area contributed by atoms with E-state index in [1.807, 2.05) is 6.07 Å². The molecule has 1 aliphatic carbocycles. The number of aliphatic hydroxyl groups is 1. The molecule has 1 aliphatic heterocycles. The Morgan fingerprint density at radius 3 is 2.58 bits per heavy atom. The van der Waals surface area contributed by atoms with Crippen LogP contribution >= 0.6 is 0 Å². The first kappa shape index (κ1) is 28.6. The predicted octanol–water partition coefficient (Wildman–Crippen LogP) is 7.60. The number of hydrogen-bond donors (Lipinski definition) is 1. The largest absolute Gasteiger partial charge is 0.493 e. The minimum Gasteiger partial charge on any atom is -0.493 e. The highest BCUT2D eigenvalue weighted by Gasteiger charge is 2.28. The van der Waals surface area contributed by atoms with Gasteiger partial charge in [-0.2, -0.15) is 0 Å². The summed E-state index contributed by atoms with van der Waals surface area (Å²) in [6.07, 6.45) is 8.80. The van der Waals surface area contributed by atoms with Crippen molar-refractivity contribution in [1.29, 1.82) is 0 Å². The van der Waals surface area contributed by atoms with Crippen molar-refractivity contribution in [3.63, 3.8) is 0 Å². The Labute approximate surface area is 239 Å². The first-order valence-corrected chi connectivity index (χ1v) is 15.2. The van der Waals surface area contributed by atoms with E-state index in [0.717, 1.165) is 63.1 Å². The van der Waals surface area contributed by atoms with Crippen LogP contribution in [-0.2, 0) is 26.0 Å². The van der Waals surface area contributed by atoms with Crippen molar-refractivity contribution in [1.82, 2.24) is 4.90 Å². The molecule has 3 aromatic carbocycles. The van der Waals surface area contributed by atoms with E-state index >= 15 is 0 Å². The van der Waals surface area contributed by atoms with Crippen LogP contribution in [-0.4, -0.2) is 42.5 Å². The van der Waals surface area contributed by atoms with Gasteiger partial charge in [0, 0.05) is 24.2 Å². The molecule has 5 rings (SSSR count). The number of alkyl halides is 1. The number of benzene rings is 3. The second-order valence-corrected chi connectivity index (χ2v) is 11.3. The molecule has 0 spiro atoms. The summed E-state index contributed by atoms with van der Waals surface area (Å²) in [7, 11) is 0. The number of halogens is 1. The third-order valence-electron chi connectivity index (χ3n) is 8.71. The number of aliphatic hydroxyl groups excluding tert-OH is 1. The molecule has 1 N–H and O–H groups in total. The van der Waals surface area contributed by atoms with Crippen LogP contribution in [0.25, 0.3) is 11.1 Å². The molecular weight excluding hydrogens is 501 g/mol. The maximum atomic E-state index is 12.6. The molecular formula is C35H44FNO3. The number of unbranched alkanes of at least 4 members (excludes halogenated alkanes) is 2. The molecule has 0 radical (unpaired) electrons. The van der Waals surface area contributed by atoms with Gasteiger partial charge >= 0.3 is 0 Å². The third kappa shape index (κ3) is 6.70. The van der Waals surface area contributed by atoms with E-state index in [1.54, 1.807) is 0 Å².